The highest BCUT2D eigenvalue weighted by atomic mass is 32.2. The maximum absolute atomic E-state index is 13.6. The predicted octanol–water partition coefficient (Wildman–Crippen LogP) is 3.21. The molecule has 0 saturated heterocycles. The summed E-state index contributed by atoms with van der Waals surface area (Å²) in [6.07, 6.45) is -1.04. The minimum atomic E-state index is -4.43. The van der Waals surface area contributed by atoms with Gasteiger partial charge in [0, 0.05) is 6.54 Å². The SMILES string of the molecule is CC(C)(C)OC(=O)N(CCc1ccc(NS(=O)(=O)O)cc1)S(=O)(=O)c1cccc(F)c1. The first-order valence-electron chi connectivity index (χ1n) is 9.03. The molecule has 2 aromatic rings. The zero-order valence-electron chi connectivity index (χ0n) is 17.1. The molecule has 2 rings (SSSR count). The van der Waals surface area contributed by atoms with Crippen LogP contribution in [0.2, 0.25) is 0 Å². The van der Waals surface area contributed by atoms with E-state index in [1.54, 1.807) is 20.8 Å². The quantitative estimate of drug-likeness (QED) is 0.589. The topological polar surface area (TPSA) is 130 Å². The molecular formula is C19H23FN2O7S2. The molecule has 31 heavy (non-hydrogen) atoms. The number of amides is 1. The highest BCUT2D eigenvalue weighted by Crippen LogP contribution is 2.21. The molecule has 0 aliphatic carbocycles. The third kappa shape index (κ3) is 7.49. The predicted molar refractivity (Wildman–Crippen MR) is 112 cm³/mol. The van der Waals surface area contributed by atoms with Gasteiger partial charge in [0.15, 0.2) is 0 Å². The summed E-state index contributed by atoms with van der Waals surface area (Å²) in [7, 11) is -8.83. The summed E-state index contributed by atoms with van der Waals surface area (Å²) in [5.41, 5.74) is -0.290. The Hall–Kier alpha value is -2.70. The molecule has 0 unspecified atom stereocenters. The van der Waals surface area contributed by atoms with E-state index in [2.05, 4.69) is 0 Å². The Balaban J connectivity index is 2.28. The van der Waals surface area contributed by atoms with Gasteiger partial charge in [-0.2, -0.15) is 8.42 Å². The number of halogens is 1. The number of ether oxygens (including phenoxy) is 1. The molecule has 0 aliphatic heterocycles. The zero-order valence-corrected chi connectivity index (χ0v) is 18.7. The maximum atomic E-state index is 13.6. The van der Waals surface area contributed by atoms with Crippen molar-refractivity contribution in [3.63, 3.8) is 0 Å². The van der Waals surface area contributed by atoms with Crippen molar-refractivity contribution in [2.75, 3.05) is 11.3 Å². The highest BCUT2D eigenvalue weighted by Gasteiger charge is 2.33. The van der Waals surface area contributed by atoms with Crippen molar-refractivity contribution in [3.8, 4) is 0 Å². The van der Waals surface area contributed by atoms with Crippen molar-refractivity contribution in [2.24, 2.45) is 0 Å². The molecule has 2 N–H and O–H groups in total. The van der Waals surface area contributed by atoms with Crippen molar-refractivity contribution in [3.05, 3.63) is 59.9 Å². The number of hydrogen-bond acceptors (Lipinski definition) is 6. The van der Waals surface area contributed by atoms with Gasteiger partial charge in [-0.15, -0.1) is 0 Å². The number of rotatable bonds is 7. The summed E-state index contributed by atoms with van der Waals surface area (Å²) in [6, 6.07) is 10.00. The van der Waals surface area contributed by atoms with E-state index in [0.717, 1.165) is 12.1 Å². The fourth-order valence-corrected chi connectivity index (χ4v) is 4.26. The Labute approximate surface area is 180 Å². The first-order valence-corrected chi connectivity index (χ1v) is 11.9. The van der Waals surface area contributed by atoms with Crippen LogP contribution in [0.3, 0.4) is 0 Å². The molecule has 0 radical (unpaired) electrons. The molecule has 2 aromatic carbocycles. The van der Waals surface area contributed by atoms with Gasteiger partial charge in [0.25, 0.3) is 10.0 Å². The van der Waals surface area contributed by atoms with Crippen LogP contribution in [-0.4, -0.2) is 43.9 Å². The molecule has 0 fully saturated rings. The first kappa shape index (κ1) is 24.6. The second-order valence-electron chi connectivity index (χ2n) is 7.54. The second kappa shape index (κ2) is 9.20. The van der Waals surface area contributed by atoms with Gasteiger partial charge in [-0.1, -0.05) is 18.2 Å². The molecule has 0 aliphatic rings. The van der Waals surface area contributed by atoms with Crippen LogP contribution < -0.4 is 4.72 Å². The summed E-state index contributed by atoms with van der Waals surface area (Å²) in [5, 5.41) is 0. The van der Waals surface area contributed by atoms with E-state index in [1.165, 1.54) is 36.4 Å². The monoisotopic (exact) mass is 474 g/mol. The fraction of sp³-hybridized carbons (Fsp3) is 0.316. The van der Waals surface area contributed by atoms with Crippen LogP contribution in [0.25, 0.3) is 0 Å². The van der Waals surface area contributed by atoms with Crippen LogP contribution in [0.15, 0.2) is 53.4 Å². The van der Waals surface area contributed by atoms with E-state index in [0.29, 0.717) is 9.87 Å². The van der Waals surface area contributed by atoms with Crippen molar-refractivity contribution in [1.29, 1.82) is 0 Å². The van der Waals surface area contributed by atoms with E-state index >= 15 is 0 Å². The molecule has 0 aromatic heterocycles. The average Bonchev–Trinajstić information content (AvgIpc) is 2.60. The number of nitrogens with one attached hydrogen (secondary N) is 1. The summed E-state index contributed by atoms with van der Waals surface area (Å²) >= 11 is 0. The second-order valence-corrected chi connectivity index (χ2v) is 10.6. The van der Waals surface area contributed by atoms with Gasteiger partial charge in [-0.05, 0) is 63.1 Å². The van der Waals surface area contributed by atoms with E-state index in [-0.39, 0.29) is 18.7 Å². The molecule has 1 amide bonds. The lowest BCUT2D eigenvalue weighted by atomic mass is 10.1. The summed E-state index contributed by atoms with van der Waals surface area (Å²) in [5.74, 6) is -0.771. The maximum Gasteiger partial charge on any atom is 0.424 e. The Morgan fingerprint density at radius 3 is 2.23 bits per heavy atom. The number of carbonyl (C=O) groups is 1. The normalized spacial score (nSPS) is 12.3. The summed E-state index contributed by atoms with van der Waals surface area (Å²) in [6.45, 7) is 4.44. The number of hydrogen-bond donors (Lipinski definition) is 2. The van der Waals surface area contributed by atoms with Crippen molar-refractivity contribution in [2.45, 2.75) is 37.7 Å². The lowest BCUT2D eigenvalue weighted by Gasteiger charge is -2.27. The van der Waals surface area contributed by atoms with E-state index in [1.807, 2.05) is 4.72 Å². The standard InChI is InChI=1S/C19H23FN2O7S2/c1-19(2,3)29-18(23)22(30(24,25)17-6-4-5-15(20)13-17)12-11-14-7-9-16(10-8-14)21-31(26,27)28/h4-10,13,21H,11-12H2,1-3H3,(H,26,27,28). The minimum Gasteiger partial charge on any atom is -0.443 e. The fourth-order valence-electron chi connectivity index (χ4n) is 2.50. The molecule has 0 bridgehead atoms. The highest BCUT2D eigenvalue weighted by molar-refractivity contribution is 7.89. The van der Waals surface area contributed by atoms with Gasteiger partial charge in [-0.25, -0.2) is 21.9 Å². The van der Waals surface area contributed by atoms with Crippen molar-refractivity contribution < 1.29 is 35.3 Å². The van der Waals surface area contributed by atoms with Gasteiger partial charge in [0.2, 0.25) is 0 Å². The summed E-state index contributed by atoms with van der Waals surface area (Å²) in [4.78, 5) is 12.2. The van der Waals surface area contributed by atoms with Crippen molar-refractivity contribution >= 4 is 32.1 Å². The number of nitrogens with zero attached hydrogens (tertiary/aromatic N) is 1. The van der Waals surface area contributed by atoms with Gasteiger partial charge in [0.05, 0.1) is 10.6 Å². The molecule has 0 saturated carbocycles. The van der Waals surface area contributed by atoms with Gasteiger partial charge < -0.3 is 4.74 Å². The minimum absolute atomic E-state index is 0.0694. The van der Waals surface area contributed by atoms with Crippen LogP contribution in [0, 0.1) is 5.82 Å². The molecule has 9 nitrogen and oxygen atoms in total. The van der Waals surface area contributed by atoms with Crippen molar-refractivity contribution in [1.82, 2.24) is 4.31 Å². The first-order chi connectivity index (χ1) is 14.2. The smallest absolute Gasteiger partial charge is 0.424 e. The van der Waals surface area contributed by atoms with Crippen LogP contribution in [0.5, 0.6) is 0 Å². The number of carbonyl (C=O) groups excluding carboxylic acids is 1. The lowest BCUT2D eigenvalue weighted by molar-refractivity contribution is 0.0392. The number of anilines is 1. The zero-order chi connectivity index (χ0) is 23.4. The van der Waals surface area contributed by atoms with Crippen LogP contribution >= 0.6 is 0 Å². The molecule has 0 spiro atoms. The van der Waals surface area contributed by atoms with Crippen LogP contribution in [0.1, 0.15) is 26.3 Å². The molecule has 0 heterocycles. The van der Waals surface area contributed by atoms with Gasteiger partial charge >= 0.3 is 16.4 Å². The van der Waals surface area contributed by atoms with Crippen LogP contribution in [0.4, 0.5) is 14.9 Å². The third-order valence-electron chi connectivity index (χ3n) is 3.79. The molecule has 170 valence electrons. The van der Waals surface area contributed by atoms with Gasteiger partial charge in [-0.3, -0.25) is 9.27 Å². The Kier molecular flexibility index (Phi) is 7.29. The lowest BCUT2D eigenvalue weighted by Crippen LogP contribution is -2.42. The van der Waals surface area contributed by atoms with E-state index in [9.17, 15) is 26.0 Å². The van der Waals surface area contributed by atoms with Gasteiger partial charge in [0.1, 0.15) is 11.4 Å². The van der Waals surface area contributed by atoms with E-state index < -0.39 is 42.7 Å². The Morgan fingerprint density at radius 2 is 1.71 bits per heavy atom. The molecule has 12 heteroatoms. The molecular weight excluding hydrogens is 451 g/mol. The Bertz CT molecular complexity index is 1140. The number of sulfonamides is 1. The largest absolute Gasteiger partial charge is 0.443 e. The average molecular weight is 475 g/mol. The Morgan fingerprint density at radius 1 is 1.10 bits per heavy atom. The molecule has 0 atom stereocenters. The van der Waals surface area contributed by atoms with E-state index in [4.69, 9.17) is 9.29 Å². The van der Waals surface area contributed by atoms with Crippen LogP contribution in [-0.2, 0) is 31.5 Å². The third-order valence-corrected chi connectivity index (χ3v) is 6.04. The number of benzene rings is 2. The summed E-state index contributed by atoms with van der Waals surface area (Å²) < 4.78 is 77.7.